The molecule has 0 saturated carbocycles. The lowest BCUT2D eigenvalue weighted by Crippen LogP contribution is -2.28. The van der Waals surface area contributed by atoms with Crippen molar-refractivity contribution in [2.45, 2.75) is 0 Å². The Kier molecular flexibility index (Phi) is 4.13. The Morgan fingerprint density at radius 2 is 1.95 bits per heavy atom. The molecule has 0 spiro atoms. The minimum atomic E-state index is -0.523. The molecule has 3 rings (SSSR count). The number of hydrogen-bond donors (Lipinski definition) is 1. The zero-order valence-electron chi connectivity index (χ0n) is 11.2. The van der Waals surface area contributed by atoms with Crippen LogP contribution in [0.4, 0.5) is 10.1 Å². The Labute approximate surface area is 139 Å². The van der Waals surface area contributed by atoms with Crippen molar-refractivity contribution < 1.29 is 9.18 Å². The van der Waals surface area contributed by atoms with Crippen LogP contribution in [0.2, 0.25) is 0 Å². The first-order valence-corrected chi connectivity index (χ1v) is 8.00. The van der Waals surface area contributed by atoms with Crippen molar-refractivity contribution in [3.8, 4) is 0 Å². The third-order valence-electron chi connectivity index (χ3n) is 3.06. The van der Waals surface area contributed by atoms with Crippen LogP contribution in [0.15, 0.2) is 57.9 Å². The van der Waals surface area contributed by atoms with Crippen LogP contribution < -0.4 is 4.90 Å². The number of carbonyl (C=O) groups excluding carboxylic acids is 1. The van der Waals surface area contributed by atoms with Gasteiger partial charge < -0.3 is 0 Å². The fraction of sp³-hybridized carbons (Fsp3) is 0. The molecule has 110 valence electrons. The molecule has 1 aliphatic rings. The summed E-state index contributed by atoms with van der Waals surface area (Å²) in [6, 6.07) is 13.4. The second-order valence-corrected chi connectivity index (χ2v) is 6.51. The molecule has 0 bridgehead atoms. The van der Waals surface area contributed by atoms with E-state index in [0.717, 1.165) is 26.7 Å². The lowest BCUT2D eigenvalue weighted by atomic mass is 10.2. The highest BCUT2D eigenvalue weighted by molar-refractivity contribution is 9.10. The first-order chi connectivity index (χ1) is 10.6. The SMILES string of the molecule is N=C1S/C(=C/c2cccc(Br)c2)C(=O)N1c1ccccc1F. The number of nitrogens with one attached hydrogen (secondary N) is 1. The van der Waals surface area contributed by atoms with Gasteiger partial charge in [-0.25, -0.2) is 4.39 Å². The number of amidine groups is 1. The normalized spacial score (nSPS) is 16.6. The summed E-state index contributed by atoms with van der Waals surface area (Å²) >= 11 is 4.40. The average molecular weight is 377 g/mol. The van der Waals surface area contributed by atoms with Crippen LogP contribution in [-0.4, -0.2) is 11.1 Å². The number of benzene rings is 2. The summed E-state index contributed by atoms with van der Waals surface area (Å²) in [5.74, 6) is -0.912. The number of para-hydroxylation sites is 1. The molecular weight excluding hydrogens is 367 g/mol. The van der Waals surface area contributed by atoms with E-state index < -0.39 is 5.82 Å². The van der Waals surface area contributed by atoms with E-state index in [-0.39, 0.29) is 16.8 Å². The molecular formula is C16H10BrFN2OS. The van der Waals surface area contributed by atoms with Gasteiger partial charge in [-0.05, 0) is 47.7 Å². The lowest BCUT2D eigenvalue weighted by molar-refractivity contribution is -0.113. The van der Waals surface area contributed by atoms with E-state index in [0.29, 0.717) is 4.91 Å². The van der Waals surface area contributed by atoms with Gasteiger partial charge in [0.2, 0.25) is 0 Å². The molecule has 1 amide bonds. The molecule has 1 N–H and O–H groups in total. The molecule has 0 aromatic heterocycles. The highest BCUT2D eigenvalue weighted by Crippen LogP contribution is 2.36. The predicted molar refractivity (Wildman–Crippen MR) is 91.3 cm³/mol. The van der Waals surface area contributed by atoms with Crippen LogP contribution in [0, 0.1) is 11.2 Å². The third kappa shape index (κ3) is 2.84. The summed E-state index contributed by atoms with van der Waals surface area (Å²) < 4.78 is 14.8. The molecule has 22 heavy (non-hydrogen) atoms. The summed E-state index contributed by atoms with van der Waals surface area (Å²) in [7, 11) is 0. The first-order valence-electron chi connectivity index (χ1n) is 6.39. The molecule has 1 saturated heterocycles. The summed E-state index contributed by atoms with van der Waals surface area (Å²) in [6.45, 7) is 0. The number of nitrogens with zero attached hydrogens (tertiary/aromatic N) is 1. The quantitative estimate of drug-likeness (QED) is 0.775. The van der Waals surface area contributed by atoms with Gasteiger partial charge in [0.25, 0.3) is 5.91 Å². The Balaban J connectivity index is 1.97. The number of halogens is 2. The van der Waals surface area contributed by atoms with Gasteiger partial charge in [0.05, 0.1) is 10.6 Å². The van der Waals surface area contributed by atoms with Gasteiger partial charge in [-0.1, -0.05) is 40.2 Å². The zero-order chi connectivity index (χ0) is 15.7. The van der Waals surface area contributed by atoms with Gasteiger partial charge in [-0.3, -0.25) is 15.1 Å². The molecule has 1 fully saturated rings. The molecule has 0 unspecified atom stereocenters. The van der Waals surface area contributed by atoms with E-state index in [9.17, 15) is 9.18 Å². The second-order valence-electron chi connectivity index (χ2n) is 4.56. The Bertz CT molecular complexity index is 806. The van der Waals surface area contributed by atoms with Crippen molar-refractivity contribution in [1.82, 2.24) is 0 Å². The number of carbonyl (C=O) groups is 1. The van der Waals surface area contributed by atoms with Crippen molar-refractivity contribution in [2.24, 2.45) is 0 Å². The van der Waals surface area contributed by atoms with E-state index in [4.69, 9.17) is 5.41 Å². The fourth-order valence-corrected chi connectivity index (χ4v) is 3.36. The summed E-state index contributed by atoms with van der Waals surface area (Å²) in [5, 5.41) is 7.96. The summed E-state index contributed by atoms with van der Waals surface area (Å²) in [4.78, 5) is 14.0. The minimum Gasteiger partial charge on any atom is -0.278 e. The number of amides is 1. The van der Waals surface area contributed by atoms with E-state index in [1.54, 1.807) is 18.2 Å². The lowest BCUT2D eigenvalue weighted by Gasteiger charge is -2.14. The molecule has 1 aliphatic heterocycles. The first kappa shape index (κ1) is 15.0. The van der Waals surface area contributed by atoms with E-state index in [1.165, 1.54) is 12.1 Å². The molecule has 0 atom stereocenters. The number of hydrogen-bond acceptors (Lipinski definition) is 3. The number of rotatable bonds is 2. The summed E-state index contributed by atoms with van der Waals surface area (Å²) in [5.41, 5.74) is 0.941. The van der Waals surface area contributed by atoms with Gasteiger partial charge in [-0.15, -0.1) is 0 Å². The fourth-order valence-electron chi connectivity index (χ4n) is 2.09. The highest BCUT2D eigenvalue weighted by Gasteiger charge is 2.34. The average Bonchev–Trinajstić information content (AvgIpc) is 2.74. The van der Waals surface area contributed by atoms with Gasteiger partial charge in [-0.2, -0.15) is 0 Å². The zero-order valence-corrected chi connectivity index (χ0v) is 13.6. The maximum Gasteiger partial charge on any atom is 0.271 e. The maximum atomic E-state index is 13.9. The monoisotopic (exact) mass is 376 g/mol. The number of anilines is 1. The van der Waals surface area contributed by atoms with Crippen LogP contribution in [0.5, 0.6) is 0 Å². The Morgan fingerprint density at radius 1 is 1.18 bits per heavy atom. The Morgan fingerprint density at radius 3 is 2.68 bits per heavy atom. The molecule has 0 radical (unpaired) electrons. The van der Waals surface area contributed by atoms with Crippen LogP contribution in [0.1, 0.15) is 5.56 Å². The molecule has 2 aromatic carbocycles. The second kappa shape index (κ2) is 6.06. The largest absolute Gasteiger partial charge is 0.278 e. The van der Waals surface area contributed by atoms with Crippen molar-refractivity contribution in [2.75, 3.05) is 4.90 Å². The molecule has 2 aromatic rings. The summed E-state index contributed by atoms with van der Waals surface area (Å²) in [6.07, 6.45) is 1.70. The van der Waals surface area contributed by atoms with Gasteiger partial charge >= 0.3 is 0 Å². The van der Waals surface area contributed by atoms with Crippen molar-refractivity contribution in [3.05, 3.63) is 69.3 Å². The molecule has 1 heterocycles. The van der Waals surface area contributed by atoms with Crippen molar-refractivity contribution in [3.63, 3.8) is 0 Å². The Hall–Kier alpha value is -1.92. The topological polar surface area (TPSA) is 44.2 Å². The van der Waals surface area contributed by atoms with Crippen molar-refractivity contribution in [1.29, 1.82) is 5.41 Å². The van der Waals surface area contributed by atoms with Gasteiger partial charge in [0.15, 0.2) is 5.17 Å². The van der Waals surface area contributed by atoms with Crippen LogP contribution in [0.25, 0.3) is 6.08 Å². The minimum absolute atomic E-state index is 0.00338. The van der Waals surface area contributed by atoms with E-state index in [2.05, 4.69) is 15.9 Å². The molecule has 0 aliphatic carbocycles. The van der Waals surface area contributed by atoms with Gasteiger partial charge in [0, 0.05) is 4.47 Å². The molecule has 3 nitrogen and oxygen atoms in total. The van der Waals surface area contributed by atoms with E-state index >= 15 is 0 Å². The van der Waals surface area contributed by atoms with Crippen molar-refractivity contribution >= 4 is 50.5 Å². The predicted octanol–water partition coefficient (Wildman–Crippen LogP) is 4.64. The van der Waals surface area contributed by atoms with Gasteiger partial charge in [0.1, 0.15) is 5.82 Å². The molecule has 6 heteroatoms. The third-order valence-corrected chi connectivity index (χ3v) is 4.44. The van der Waals surface area contributed by atoms with Crippen LogP contribution in [0.3, 0.4) is 0 Å². The smallest absolute Gasteiger partial charge is 0.271 e. The maximum absolute atomic E-state index is 13.9. The van der Waals surface area contributed by atoms with Crippen LogP contribution in [-0.2, 0) is 4.79 Å². The van der Waals surface area contributed by atoms with Crippen LogP contribution >= 0.6 is 27.7 Å². The standard InChI is InChI=1S/C16H10BrFN2OS/c17-11-5-3-4-10(8-11)9-14-15(21)20(16(19)22-14)13-7-2-1-6-12(13)18/h1-9,19H/b14-9+,19-16?. The highest BCUT2D eigenvalue weighted by atomic mass is 79.9. The van der Waals surface area contributed by atoms with E-state index in [1.807, 2.05) is 24.3 Å². The number of thioether (sulfide) groups is 1.